The van der Waals surface area contributed by atoms with E-state index < -0.39 is 5.69 Å². The van der Waals surface area contributed by atoms with Gasteiger partial charge in [0.15, 0.2) is 0 Å². The summed E-state index contributed by atoms with van der Waals surface area (Å²) in [5.41, 5.74) is 1.93. The summed E-state index contributed by atoms with van der Waals surface area (Å²) in [7, 11) is 0. The van der Waals surface area contributed by atoms with Crippen molar-refractivity contribution in [2.75, 3.05) is 0 Å². The minimum Gasteiger partial charge on any atom is -0.310 e. The molecule has 4 heteroatoms. The van der Waals surface area contributed by atoms with Crippen molar-refractivity contribution in [2.24, 2.45) is 0 Å². The van der Waals surface area contributed by atoms with Crippen LogP contribution in [0.25, 0.3) is 11.3 Å². The van der Waals surface area contributed by atoms with E-state index in [4.69, 9.17) is 0 Å². The summed E-state index contributed by atoms with van der Waals surface area (Å²) in [6.45, 7) is 3.43. The monoisotopic (exact) mass is 218 g/mol. The normalized spacial score (nSPS) is 10.4. The molecule has 0 unspecified atom stereocenters. The average molecular weight is 218 g/mol. The van der Waals surface area contributed by atoms with Gasteiger partial charge in [-0.05, 0) is 31.5 Å². The van der Waals surface area contributed by atoms with Crippen LogP contribution in [-0.4, -0.2) is 9.97 Å². The Morgan fingerprint density at radius 1 is 1.31 bits per heavy atom. The Balaban J connectivity index is 2.67. The Kier molecular flexibility index (Phi) is 2.56. The zero-order valence-corrected chi connectivity index (χ0v) is 9.04. The molecule has 0 aliphatic carbocycles. The van der Waals surface area contributed by atoms with Gasteiger partial charge in [-0.1, -0.05) is 12.1 Å². The van der Waals surface area contributed by atoms with Crippen molar-refractivity contribution in [3.05, 3.63) is 51.8 Å². The average Bonchev–Trinajstić information content (AvgIpc) is 2.20. The number of H-pyrrole nitrogens is 1. The number of aromatic nitrogens is 2. The molecule has 2 rings (SSSR count). The number of hydrogen-bond donors (Lipinski definition) is 1. The highest BCUT2D eigenvalue weighted by Crippen LogP contribution is 2.22. The molecule has 0 spiro atoms. The molecule has 1 N–H and O–H groups in total. The molecule has 0 saturated carbocycles. The molecule has 0 amide bonds. The first-order valence-electron chi connectivity index (χ1n) is 4.91. The summed E-state index contributed by atoms with van der Waals surface area (Å²) >= 11 is 0. The van der Waals surface area contributed by atoms with Gasteiger partial charge in [-0.2, -0.15) is 4.98 Å². The Hall–Kier alpha value is -1.97. The lowest BCUT2D eigenvalue weighted by atomic mass is 10.0. The Morgan fingerprint density at radius 3 is 2.75 bits per heavy atom. The zero-order valence-electron chi connectivity index (χ0n) is 9.04. The van der Waals surface area contributed by atoms with Crippen LogP contribution in [0.15, 0.2) is 29.1 Å². The van der Waals surface area contributed by atoms with Gasteiger partial charge in [-0.15, -0.1) is 0 Å². The van der Waals surface area contributed by atoms with E-state index in [2.05, 4.69) is 9.97 Å². The van der Waals surface area contributed by atoms with Crippen LogP contribution in [0, 0.1) is 19.7 Å². The molecule has 0 atom stereocenters. The van der Waals surface area contributed by atoms with E-state index >= 15 is 0 Å². The molecule has 0 aliphatic rings. The number of benzene rings is 1. The van der Waals surface area contributed by atoms with Crippen molar-refractivity contribution >= 4 is 0 Å². The summed E-state index contributed by atoms with van der Waals surface area (Å²) < 4.78 is 13.4. The molecule has 0 fully saturated rings. The maximum Gasteiger partial charge on any atom is 0.345 e. The lowest BCUT2D eigenvalue weighted by Crippen LogP contribution is -2.12. The van der Waals surface area contributed by atoms with Crippen molar-refractivity contribution in [1.29, 1.82) is 0 Å². The number of rotatable bonds is 1. The standard InChI is InChI=1S/C12H11FN2O/c1-7-6-11(15-12(16)14-7)9-4-3-5-10(13)8(9)2/h3-6H,1-2H3,(H,14,15,16). The van der Waals surface area contributed by atoms with E-state index in [1.54, 1.807) is 32.0 Å². The lowest BCUT2D eigenvalue weighted by Gasteiger charge is -2.05. The highest BCUT2D eigenvalue weighted by molar-refractivity contribution is 5.63. The van der Waals surface area contributed by atoms with Crippen LogP contribution in [0.1, 0.15) is 11.3 Å². The first kappa shape index (κ1) is 10.5. The minimum atomic E-state index is -0.418. The number of halogens is 1. The second kappa shape index (κ2) is 3.89. The third-order valence-corrected chi connectivity index (χ3v) is 2.42. The predicted octanol–water partition coefficient (Wildman–Crippen LogP) is 2.19. The first-order valence-corrected chi connectivity index (χ1v) is 4.91. The van der Waals surface area contributed by atoms with E-state index in [-0.39, 0.29) is 5.82 Å². The highest BCUT2D eigenvalue weighted by atomic mass is 19.1. The fraction of sp³-hybridized carbons (Fsp3) is 0.167. The smallest absolute Gasteiger partial charge is 0.310 e. The summed E-state index contributed by atoms with van der Waals surface area (Å²) in [5, 5.41) is 0. The number of nitrogens with one attached hydrogen (secondary N) is 1. The molecule has 0 bridgehead atoms. The second-order valence-corrected chi connectivity index (χ2v) is 3.67. The van der Waals surface area contributed by atoms with Crippen LogP contribution >= 0.6 is 0 Å². The number of aryl methyl sites for hydroxylation is 1. The number of aromatic amines is 1. The largest absolute Gasteiger partial charge is 0.345 e. The topological polar surface area (TPSA) is 45.8 Å². The van der Waals surface area contributed by atoms with Crippen LogP contribution in [-0.2, 0) is 0 Å². The van der Waals surface area contributed by atoms with E-state index in [9.17, 15) is 9.18 Å². The van der Waals surface area contributed by atoms with Crippen molar-refractivity contribution in [1.82, 2.24) is 9.97 Å². The van der Waals surface area contributed by atoms with Crippen molar-refractivity contribution in [3.63, 3.8) is 0 Å². The molecule has 2 aromatic rings. The quantitative estimate of drug-likeness (QED) is 0.797. The molecule has 1 heterocycles. The number of hydrogen-bond acceptors (Lipinski definition) is 2. The highest BCUT2D eigenvalue weighted by Gasteiger charge is 2.07. The van der Waals surface area contributed by atoms with Crippen LogP contribution in [0.2, 0.25) is 0 Å². The van der Waals surface area contributed by atoms with Crippen LogP contribution in [0.4, 0.5) is 4.39 Å². The summed E-state index contributed by atoms with van der Waals surface area (Å²) in [5.74, 6) is -0.294. The molecule has 0 radical (unpaired) electrons. The second-order valence-electron chi connectivity index (χ2n) is 3.67. The SMILES string of the molecule is Cc1cc(-c2cccc(F)c2C)nc(=O)[nH]1. The molecule has 1 aromatic heterocycles. The maximum atomic E-state index is 13.4. The van der Waals surface area contributed by atoms with Gasteiger partial charge in [0, 0.05) is 11.3 Å². The molecular weight excluding hydrogens is 207 g/mol. The van der Waals surface area contributed by atoms with Crippen LogP contribution in [0.3, 0.4) is 0 Å². The van der Waals surface area contributed by atoms with E-state index in [1.807, 2.05) is 0 Å². The molecule has 82 valence electrons. The Morgan fingerprint density at radius 2 is 2.06 bits per heavy atom. The fourth-order valence-electron chi connectivity index (χ4n) is 1.60. The summed E-state index contributed by atoms with van der Waals surface area (Å²) in [4.78, 5) is 17.6. The van der Waals surface area contributed by atoms with Gasteiger partial charge >= 0.3 is 5.69 Å². The lowest BCUT2D eigenvalue weighted by molar-refractivity contribution is 0.619. The third kappa shape index (κ3) is 1.86. The first-order chi connectivity index (χ1) is 7.58. The fourth-order valence-corrected chi connectivity index (χ4v) is 1.60. The molecule has 1 aromatic carbocycles. The minimum absolute atomic E-state index is 0.294. The Bertz CT molecular complexity index is 590. The van der Waals surface area contributed by atoms with E-state index in [0.29, 0.717) is 22.5 Å². The summed E-state index contributed by atoms with van der Waals surface area (Å²) in [6, 6.07) is 6.47. The molecule has 3 nitrogen and oxygen atoms in total. The molecule has 16 heavy (non-hydrogen) atoms. The van der Waals surface area contributed by atoms with Gasteiger partial charge in [-0.25, -0.2) is 9.18 Å². The Labute approximate surface area is 92.0 Å². The van der Waals surface area contributed by atoms with Crippen LogP contribution in [0.5, 0.6) is 0 Å². The van der Waals surface area contributed by atoms with Gasteiger partial charge in [-0.3, -0.25) is 0 Å². The van der Waals surface area contributed by atoms with E-state index in [0.717, 1.165) is 0 Å². The predicted molar refractivity (Wildman–Crippen MR) is 59.7 cm³/mol. The summed E-state index contributed by atoms with van der Waals surface area (Å²) in [6.07, 6.45) is 0. The van der Waals surface area contributed by atoms with Crippen molar-refractivity contribution in [3.8, 4) is 11.3 Å². The molecular formula is C12H11FN2O. The number of nitrogens with zero attached hydrogens (tertiary/aromatic N) is 1. The van der Waals surface area contributed by atoms with Gasteiger partial charge in [0.05, 0.1) is 5.69 Å². The van der Waals surface area contributed by atoms with Gasteiger partial charge in [0.1, 0.15) is 5.82 Å². The van der Waals surface area contributed by atoms with Crippen molar-refractivity contribution in [2.45, 2.75) is 13.8 Å². The molecule has 0 saturated heterocycles. The van der Waals surface area contributed by atoms with Gasteiger partial charge in [0.2, 0.25) is 0 Å². The van der Waals surface area contributed by atoms with Gasteiger partial charge < -0.3 is 4.98 Å². The van der Waals surface area contributed by atoms with E-state index in [1.165, 1.54) is 6.07 Å². The zero-order chi connectivity index (χ0) is 11.7. The van der Waals surface area contributed by atoms with Crippen molar-refractivity contribution < 1.29 is 4.39 Å². The van der Waals surface area contributed by atoms with Crippen LogP contribution < -0.4 is 5.69 Å². The third-order valence-electron chi connectivity index (χ3n) is 2.42. The molecule has 0 aliphatic heterocycles. The maximum absolute atomic E-state index is 13.4. The van der Waals surface area contributed by atoms with Gasteiger partial charge in [0.25, 0.3) is 0 Å².